The van der Waals surface area contributed by atoms with Gasteiger partial charge in [-0.2, -0.15) is 0 Å². The van der Waals surface area contributed by atoms with E-state index in [0.29, 0.717) is 6.54 Å². The Kier molecular flexibility index (Phi) is 3.02. The molecule has 1 heterocycles. The second-order valence-corrected chi connectivity index (χ2v) is 3.94. The number of nitrogens with two attached hydrogens (primary N) is 1. The number of carbonyl (C=O) groups is 1. The number of hydrogen-bond acceptors (Lipinski definition) is 2. The van der Waals surface area contributed by atoms with Crippen molar-refractivity contribution in [1.29, 1.82) is 0 Å². The van der Waals surface area contributed by atoms with Crippen LogP contribution in [0.5, 0.6) is 0 Å². The molecule has 1 amide bonds. The second-order valence-electron chi connectivity index (χ2n) is 3.94. The van der Waals surface area contributed by atoms with Crippen LogP contribution < -0.4 is 11.1 Å². The van der Waals surface area contributed by atoms with Gasteiger partial charge >= 0.3 is 0 Å². The van der Waals surface area contributed by atoms with Crippen molar-refractivity contribution >= 4 is 5.91 Å². The summed E-state index contributed by atoms with van der Waals surface area (Å²) in [5.41, 5.74) is 6.89. The number of hydrogen-bond donors (Lipinski definition) is 2. The van der Waals surface area contributed by atoms with Crippen LogP contribution >= 0.6 is 0 Å². The molecule has 2 atom stereocenters. The van der Waals surface area contributed by atoms with Gasteiger partial charge in [-0.1, -0.05) is 30.3 Å². The molecule has 0 saturated carbocycles. The molecule has 1 aliphatic rings. The average molecular weight is 204 g/mol. The number of amides is 1. The Morgan fingerprint density at radius 1 is 1.33 bits per heavy atom. The van der Waals surface area contributed by atoms with Crippen LogP contribution in [0, 0.1) is 5.92 Å². The Morgan fingerprint density at radius 3 is 2.73 bits per heavy atom. The molecule has 0 aliphatic carbocycles. The topological polar surface area (TPSA) is 55.1 Å². The Hall–Kier alpha value is -1.35. The Bertz CT molecular complexity index is 337. The zero-order chi connectivity index (χ0) is 10.7. The van der Waals surface area contributed by atoms with Crippen molar-refractivity contribution in [1.82, 2.24) is 5.32 Å². The van der Waals surface area contributed by atoms with Gasteiger partial charge in [0.1, 0.15) is 0 Å². The number of nitrogens with one attached hydrogen (secondary N) is 1. The van der Waals surface area contributed by atoms with E-state index in [0.717, 1.165) is 13.0 Å². The van der Waals surface area contributed by atoms with Crippen molar-refractivity contribution in [3.63, 3.8) is 0 Å². The number of rotatable bonds is 2. The van der Waals surface area contributed by atoms with Gasteiger partial charge in [-0.3, -0.25) is 4.79 Å². The maximum atomic E-state index is 11.6. The third-order valence-corrected chi connectivity index (χ3v) is 3.06. The van der Waals surface area contributed by atoms with Crippen LogP contribution in [0.25, 0.3) is 0 Å². The van der Waals surface area contributed by atoms with Gasteiger partial charge in [0.15, 0.2) is 0 Å². The molecule has 2 rings (SSSR count). The van der Waals surface area contributed by atoms with Crippen LogP contribution in [0.2, 0.25) is 0 Å². The van der Waals surface area contributed by atoms with E-state index in [2.05, 4.69) is 17.4 Å². The molecule has 15 heavy (non-hydrogen) atoms. The zero-order valence-electron chi connectivity index (χ0n) is 8.65. The smallest absolute Gasteiger partial charge is 0.225 e. The van der Waals surface area contributed by atoms with Gasteiger partial charge in [0, 0.05) is 13.1 Å². The molecule has 2 unspecified atom stereocenters. The lowest BCUT2D eigenvalue weighted by Crippen LogP contribution is -2.44. The largest absolute Gasteiger partial charge is 0.356 e. The van der Waals surface area contributed by atoms with E-state index in [4.69, 9.17) is 5.73 Å². The number of piperidine rings is 1. The molecule has 0 radical (unpaired) electrons. The molecule has 3 heteroatoms. The molecule has 3 nitrogen and oxygen atoms in total. The maximum Gasteiger partial charge on any atom is 0.225 e. The summed E-state index contributed by atoms with van der Waals surface area (Å²) < 4.78 is 0. The van der Waals surface area contributed by atoms with E-state index in [1.165, 1.54) is 5.56 Å². The third-order valence-electron chi connectivity index (χ3n) is 3.06. The van der Waals surface area contributed by atoms with E-state index in [1.54, 1.807) is 0 Å². The summed E-state index contributed by atoms with van der Waals surface area (Å²) in [7, 11) is 0. The first-order valence-corrected chi connectivity index (χ1v) is 5.35. The molecule has 1 aromatic rings. The first-order chi connectivity index (χ1) is 7.33. The lowest BCUT2D eigenvalue weighted by molar-refractivity contribution is -0.127. The fourth-order valence-corrected chi connectivity index (χ4v) is 2.24. The summed E-state index contributed by atoms with van der Waals surface area (Å²) in [4.78, 5) is 11.6. The molecule has 1 aliphatic heterocycles. The van der Waals surface area contributed by atoms with Gasteiger partial charge < -0.3 is 11.1 Å². The zero-order valence-corrected chi connectivity index (χ0v) is 8.65. The highest BCUT2D eigenvalue weighted by atomic mass is 16.1. The van der Waals surface area contributed by atoms with Crippen molar-refractivity contribution in [3.05, 3.63) is 35.9 Å². The van der Waals surface area contributed by atoms with Gasteiger partial charge in [-0.15, -0.1) is 0 Å². The third kappa shape index (κ3) is 2.02. The first-order valence-electron chi connectivity index (χ1n) is 5.35. The highest BCUT2D eigenvalue weighted by molar-refractivity contribution is 5.80. The molecule has 1 saturated heterocycles. The molecular weight excluding hydrogens is 188 g/mol. The summed E-state index contributed by atoms with van der Waals surface area (Å²) in [5, 5.41) is 2.86. The summed E-state index contributed by atoms with van der Waals surface area (Å²) in [6.45, 7) is 1.18. The average Bonchev–Trinajstić information content (AvgIpc) is 2.30. The Morgan fingerprint density at radius 2 is 2.07 bits per heavy atom. The van der Waals surface area contributed by atoms with Crippen molar-refractivity contribution in [2.45, 2.75) is 12.3 Å². The molecule has 1 aromatic carbocycles. The summed E-state index contributed by atoms with van der Waals surface area (Å²) >= 11 is 0. The van der Waals surface area contributed by atoms with E-state index < -0.39 is 0 Å². The van der Waals surface area contributed by atoms with Crippen LogP contribution in [0.1, 0.15) is 17.9 Å². The second kappa shape index (κ2) is 4.45. The van der Waals surface area contributed by atoms with Crippen molar-refractivity contribution in [2.75, 3.05) is 13.1 Å². The summed E-state index contributed by atoms with van der Waals surface area (Å²) in [5.74, 6) is 0.309. The highest BCUT2D eigenvalue weighted by Crippen LogP contribution is 2.29. The van der Waals surface area contributed by atoms with Gasteiger partial charge in [0.25, 0.3) is 0 Å². The minimum Gasteiger partial charge on any atom is -0.356 e. The molecule has 0 bridgehead atoms. The van der Waals surface area contributed by atoms with Crippen LogP contribution in [-0.2, 0) is 4.79 Å². The van der Waals surface area contributed by atoms with E-state index in [1.807, 2.05) is 18.2 Å². The lowest BCUT2D eigenvalue weighted by atomic mass is 9.81. The quantitative estimate of drug-likeness (QED) is 0.751. The Labute approximate surface area is 89.7 Å². The van der Waals surface area contributed by atoms with Crippen molar-refractivity contribution < 1.29 is 4.79 Å². The van der Waals surface area contributed by atoms with E-state index in [9.17, 15) is 4.79 Å². The molecule has 0 aromatic heterocycles. The number of carbonyl (C=O) groups excluding carboxylic acids is 1. The summed E-state index contributed by atoms with van der Waals surface area (Å²) in [6, 6.07) is 10.2. The predicted molar refractivity (Wildman–Crippen MR) is 59.4 cm³/mol. The van der Waals surface area contributed by atoms with Crippen molar-refractivity contribution in [2.24, 2.45) is 11.7 Å². The number of benzene rings is 1. The molecule has 0 spiro atoms. The maximum absolute atomic E-state index is 11.6. The van der Waals surface area contributed by atoms with Gasteiger partial charge in [-0.05, 0) is 17.9 Å². The first kappa shape index (κ1) is 10.2. The predicted octanol–water partition coefficient (Wildman–Crippen LogP) is 0.865. The normalized spacial score (nSPS) is 26.1. The molecule has 80 valence electrons. The molecule has 3 N–H and O–H groups in total. The molecule has 1 fully saturated rings. The fourth-order valence-electron chi connectivity index (χ4n) is 2.24. The lowest BCUT2D eigenvalue weighted by Gasteiger charge is -2.30. The van der Waals surface area contributed by atoms with Crippen molar-refractivity contribution in [3.8, 4) is 0 Å². The molecular formula is C12H16N2O. The van der Waals surface area contributed by atoms with Gasteiger partial charge in [0.05, 0.1) is 5.92 Å². The highest BCUT2D eigenvalue weighted by Gasteiger charge is 2.31. The van der Waals surface area contributed by atoms with Crippen LogP contribution in [-0.4, -0.2) is 19.0 Å². The van der Waals surface area contributed by atoms with Gasteiger partial charge in [-0.25, -0.2) is 0 Å². The van der Waals surface area contributed by atoms with E-state index >= 15 is 0 Å². The minimum absolute atomic E-state index is 0.0684. The SMILES string of the molecule is NCC1C(=O)NCCC1c1ccccc1. The van der Waals surface area contributed by atoms with Crippen LogP contribution in [0.3, 0.4) is 0 Å². The van der Waals surface area contributed by atoms with Crippen LogP contribution in [0.15, 0.2) is 30.3 Å². The Balaban J connectivity index is 2.23. The van der Waals surface area contributed by atoms with E-state index in [-0.39, 0.29) is 17.7 Å². The standard InChI is InChI=1S/C12H16N2O/c13-8-11-10(6-7-14-12(11)15)9-4-2-1-3-5-9/h1-5,10-11H,6-8,13H2,(H,14,15). The fraction of sp³-hybridized carbons (Fsp3) is 0.417. The van der Waals surface area contributed by atoms with Gasteiger partial charge in [0.2, 0.25) is 5.91 Å². The van der Waals surface area contributed by atoms with Crippen LogP contribution in [0.4, 0.5) is 0 Å². The monoisotopic (exact) mass is 204 g/mol. The summed E-state index contributed by atoms with van der Waals surface area (Å²) in [6.07, 6.45) is 0.984. The minimum atomic E-state index is -0.0684.